The van der Waals surface area contributed by atoms with Crippen molar-refractivity contribution in [2.75, 3.05) is 0 Å². The second-order valence-electron chi connectivity index (χ2n) is 12.9. The first-order valence-electron chi connectivity index (χ1n) is 13.9. The van der Waals surface area contributed by atoms with Crippen LogP contribution in [0.25, 0.3) is 0 Å². The maximum atomic E-state index is 6.80. The van der Waals surface area contributed by atoms with Gasteiger partial charge in [-0.25, -0.2) is 0 Å². The summed E-state index contributed by atoms with van der Waals surface area (Å²) in [7, 11) is 0. The van der Waals surface area contributed by atoms with Gasteiger partial charge in [0, 0.05) is 11.3 Å². The lowest BCUT2D eigenvalue weighted by atomic mass is 9.71. The van der Waals surface area contributed by atoms with Crippen LogP contribution in [0.3, 0.4) is 0 Å². The minimum atomic E-state index is -0.186. The molecule has 5 unspecified atom stereocenters. The zero-order valence-corrected chi connectivity index (χ0v) is 22.6. The molecule has 0 N–H and O–H groups in total. The van der Waals surface area contributed by atoms with Crippen LogP contribution in [0, 0.1) is 28.6 Å². The molecular weight excluding hydrogens is 416 g/mol. The van der Waals surface area contributed by atoms with Gasteiger partial charge in [-0.1, -0.05) is 97.2 Å². The van der Waals surface area contributed by atoms with Crippen molar-refractivity contribution in [3.05, 3.63) is 54.1 Å². The summed E-state index contributed by atoms with van der Waals surface area (Å²) in [5, 5.41) is 0. The zero-order valence-electron chi connectivity index (χ0n) is 22.6. The normalized spacial score (nSPS) is 29.3. The molecule has 4 rings (SSSR count). The largest absolute Gasteiger partial charge is 0.465 e. The zero-order chi connectivity index (χ0) is 24.3. The SMILES string of the molecule is CC(C)CC(c1ccc(OC(OC2CCCCC2)C2CCC3C=CC=CC32C)cc1)C(C)(C)C. The molecule has 188 valence electrons. The quantitative estimate of drug-likeness (QED) is 0.357. The van der Waals surface area contributed by atoms with Gasteiger partial charge in [-0.3, -0.25) is 0 Å². The Balaban J connectivity index is 1.54. The fourth-order valence-electron chi connectivity index (χ4n) is 6.67. The van der Waals surface area contributed by atoms with Crippen LogP contribution in [0.15, 0.2) is 48.6 Å². The van der Waals surface area contributed by atoms with Gasteiger partial charge in [0.25, 0.3) is 0 Å². The molecule has 0 aliphatic heterocycles. The molecule has 0 spiro atoms. The Morgan fingerprint density at radius 3 is 2.29 bits per heavy atom. The van der Waals surface area contributed by atoms with Gasteiger partial charge in [-0.2, -0.15) is 0 Å². The number of hydrogen-bond acceptors (Lipinski definition) is 2. The molecule has 3 aliphatic carbocycles. The Labute approximate surface area is 209 Å². The van der Waals surface area contributed by atoms with Crippen LogP contribution in [-0.4, -0.2) is 12.4 Å². The molecule has 2 fully saturated rings. The van der Waals surface area contributed by atoms with Gasteiger partial charge < -0.3 is 9.47 Å². The predicted octanol–water partition coefficient (Wildman–Crippen LogP) is 9.08. The molecule has 0 heterocycles. The topological polar surface area (TPSA) is 18.5 Å². The Hall–Kier alpha value is -1.54. The minimum absolute atomic E-state index is 0.114. The highest BCUT2D eigenvalue weighted by Gasteiger charge is 2.49. The van der Waals surface area contributed by atoms with E-state index in [-0.39, 0.29) is 17.1 Å². The number of ether oxygens (including phenoxy) is 2. The summed E-state index contributed by atoms with van der Waals surface area (Å²) in [6, 6.07) is 8.98. The molecule has 0 saturated heterocycles. The molecule has 0 radical (unpaired) electrons. The van der Waals surface area contributed by atoms with E-state index < -0.39 is 0 Å². The molecule has 1 aromatic carbocycles. The third-order valence-electron chi connectivity index (χ3n) is 8.79. The molecule has 2 heteroatoms. The van der Waals surface area contributed by atoms with Crippen LogP contribution in [0.1, 0.15) is 104 Å². The van der Waals surface area contributed by atoms with Crippen LogP contribution >= 0.6 is 0 Å². The van der Waals surface area contributed by atoms with Crippen molar-refractivity contribution in [1.29, 1.82) is 0 Å². The molecule has 34 heavy (non-hydrogen) atoms. The van der Waals surface area contributed by atoms with E-state index in [1.165, 1.54) is 50.5 Å². The second-order valence-corrected chi connectivity index (χ2v) is 12.9. The Morgan fingerprint density at radius 2 is 1.65 bits per heavy atom. The number of hydrogen-bond donors (Lipinski definition) is 0. The third kappa shape index (κ3) is 5.81. The van der Waals surface area contributed by atoms with Gasteiger partial charge in [0.1, 0.15) is 5.75 Å². The standard InChI is InChI=1S/C32H48O2/c1-23(2)22-29(31(3,4)5)24-15-18-27(19-16-24)34-30(33-26-13-8-7-9-14-26)28-20-17-25-12-10-11-21-32(25,28)6/h10-12,15-16,18-19,21,23,25-26,28-30H,7-9,13-14,17,20,22H2,1-6H3. The highest BCUT2D eigenvalue weighted by Crippen LogP contribution is 2.53. The molecular formula is C32H48O2. The summed E-state index contributed by atoms with van der Waals surface area (Å²) in [4.78, 5) is 0. The van der Waals surface area contributed by atoms with Crippen LogP contribution < -0.4 is 4.74 Å². The first kappa shape index (κ1) is 25.5. The monoisotopic (exact) mass is 464 g/mol. The smallest absolute Gasteiger partial charge is 0.203 e. The second kappa shape index (κ2) is 10.6. The highest BCUT2D eigenvalue weighted by atomic mass is 16.7. The summed E-state index contributed by atoms with van der Waals surface area (Å²) in [6.07, 6.45) is 19.2. The van der Waals surface area contributed by atoms with E-state index >= 15 is 0 Å². The van der Waals surface area contributed by atoms with Crippen LogP contribution in [-0.2, 0) is 4.74 Å². The lowest BCUT2D eigenvalue weighted by molar-refractivity contribution is -0.170. The van der Waals surface area contributed by atoms with Crippen molar-refractivity contribution in [2.45, 2.75) is 111 Å². The Kier molecular flexibility index (Phi) is 7.97. The summed E-state index contributed by atoms with van der Waals surface area (Å²) in [5.74, 6) is 3.15. The summed E-state index contributed by atoms with van der Waals surface area (Å²) in [6.45, 7) is 14.2. The Morgan fingerprint density at radius 1 is 0.941 bits per heavy atom. The number of rotatable bonds is 8. The summed E-state index contributed by atoms with van der Waals surface area (Å²) >= 11 is 0. The van der Waals surface area contributed by atoms with Gasteiger partial charge >= 0.3 is 0 Å². The summed E-state index contributed by atoms with van der Waals surface area (Å²) < 4.78 is 13.5. The van der Waals surface area contributed by atoms with E-state index in [1.807, 2.05) is 0 Å². The molecule has 3 aliphatic rings. The highest BCUT2D eigenvalue weighted by molar-refractivity contribution is 5.31. The average Bonchev–Trinajstić information content (AvgIpc) is 3.14. The number of benzene rings is 1. The van der Waals surface area contributed by atoms with Crippen molar-refractivity contribution >= 4 is 0 Å². The first-order valence-corrected chi connectivity index (χ1v) is 13.9. The van der Waals surface area contributed by atoms with E-state index in [0.717, 1.165) is 12.2 Å². The van der Waals surface area contributed by atoms with Crippen molar-refractivity contribution in [3.63, 3.8) is 0 Å². The number of fused-ring (bicyclic) bond motifs is 1. The van der Waals surface area contributed by atoms with E-state index in [9.17, 15) is 0 Å². The predicted molar refractivity (Wildman–Crippen MR) is 143 cm³/mol. The fourth-order valence-corrected chi connectivity index (χ4v) is 6.67. The van der Waals surface area contributed by atoms with Crippen molar-refractivity contribution in [3.8, 4) is 5.75 Å². The lowest BCUT2D eigenvalue weighted by Crippen LogP contribution is -2.41. The van der Waals surface area contributed by atoms with Gasteiger partial charge in [-0.05, 0) is 73.0 Å². The maximum absolute atomic E-state index is 6.80. The molecule has 5 atom stereocenters. The Bertz CT molecular complexity index is 837. The average molecular weight is 465 g/mol. The lowest BCUT2D eigenvalue weighted by Gasteiger charge is -2.40. The van der Waals surface area contributed by atoms with Crippen LogP contribution in [0.4, 0.5) is 0 Å². The minimum Gasteiger partial charge on any atom is -0.465 e. The van der Waals surface area contributed by atoms with Gasteiger partial charge in [0.05, 0.1) is 6.10 Å². The summed E-state index contributed by atoms with van der Waals surface area (Å²) in [5.41, 5.74) is 1.78. The molecule has 0 bridgehead atoms. The van der Waals surface area contributed by atoms with Crippen molar-refractivity contribution in [2.24, 2.45) is 28.6 Å². The van der Waals surface area contributed by atoms with Gasteiger partial charge in [0.2, 0.25) is 6.29 Å². The van der Waals surface area contributed by atoms with Gasteiger partial charge in [-0.15, -0.1) is 0 Å². The molecule has 0 amide bonds. The number of allylic oxidation sites excluding steroid dienone is 4. The van der Waals surface area contributed by atoms with Crippen molar-refractivity contribution in [1.82, 2.24) is 0 Å². The van der Waals surface area contributed by atoms with Gasteiger partial charge in [0.15, 0.2) is 0 Å². The maximum Gasteiger partial charge on any atom is 0.203 e. The third-order valence-corrected chi connectivity index (χ3v) is 8.79. The molecule has 1 aromatic rings. The molecule has 2 saturated carbocycles. The molecule has 2 nitrogen and oxygen atoms in total. The van der Waals surface area contributed by atoms with Crippen molar-refractivity contribution < 1.29 is 9.47 Å². The molecule has 0 aromatic heterocycles. The van der Waals surface area contributed by atoms with E-state index in [0.29, 0.717) is 29.8 Å². The van der Waals surface area contributed by atoms with E-state index in [4.69, 9.17) is 9.47 Å². The van der Waals surface area contributed by atoms with E-state index in [1.54, 1.807) is 0 Å². The van der Waals surface area contributed by atoms with E-state index in [2.05, 4.69) is 90.1 Å². The first-order chi connectivity index (χ1) is 16.2. The van der Waals surface area contributed by atoms with Crippen LogP contribution in [0.5, 0.6) is 5.75 Å². The fraction of sp³-hybridized carbons (Fsp3) is 0.688. The van der Waals surface area contributed by atoms with Crippen LogP contribution in [0.2, 0.25) is 0 Å².